The highest BCUT2D eigenvalue weighted by atomic mass is 32.1. The third-order valence-corrected chi connectivity index (χ3v) is 3.67. The van der Waals surface area contributed by atoms with Crippen molar-refractivity contribution in [2.45, 2.75) is 25.4 Å². The van der Waals surface area contributed by atoms with Crippen LogP contribution in [0.5, 0.6) is 0 Å². The van der Waals surface area contributed by atoms with Gasteiger partial charge in [-0.15, -0.1) is 11.3 Å². The summed E-state index contributed by atoms with van der Waals surface area (Å²) < 4.78 is 0. The molecule has 3 nitrogen and oxygen atoms in total. The largest absolute Gasteiger partial charge is 0.336 e. The van der Waals surface area contributed by atoms with Gasteiger partial charge in [-0.1, -0.05) is 6.07 Å². The average Bonchev–Trinajstić information content (AvgIpc) is 2.74. The number of hydrogen-bond donors (Lipinski definition) is 1. The summed E-state index contributed by atoms with van der Waals surface area (Å²) in [6.07, 6.45) is 2.07. The number of likely N-dealkylation sites (tertiary alicyclic amines) is 1. The van der Waals surface area contributed by atoms with E-state index in [1.165, 1.54) is 4.88 Å². The Balaban J connectivity index is 1.99. The fourth-order valence-electron chi connectivity index (χ4n) is 1.96. The Hall–Kier alpha value is -0.870. The number of nitrogens with zero attached hydrogens (tertiary/aromatic N) is 1. The zero-order valence-corrected chi connectivity index (χ0v) is 9.72. The molecule has 1 fully saturated rings. The zero-order valence-electron chi connectivity index (χ0n) is 8.90. The molecule has 0 radical (unpaired) electrons. The van der Waals surface area contributed by atoms with Gasteiger partial charge in [-0.25, -0.2) is 0 Å². The van der Waals surface area contributed by atoms with Gasteiger partial charge in [-0.3, -0.25) is 4.79 Å². The van der Waals surface area contributed by atoms with Gasteiger partial charge in [0.15, 0.2) is 0 Å². The number of rotatable bonds is 3. The predicted octanol–water partition coefficient (Wildman–Crippen LogP) is 1.46. The lowest BCUT2D eigenvalue weighted by molar-refractivity contribution is -0.136. The Bertz CT molecular complexity index is 323. The second kappa shape index (κ2) is 4.77. The molecule has 1 aromatic heterocycles. The van der Waals surface area contributed by atoms with Gasteiger partial charge in [0, 0.05) is 11.4 Å². The molecule has 0 spiro atoms. The van der Waals surface area contributed by atoms with E-state index in [1.807, 2.05) is 18.0 Å². The number of carbonyl (C=O) groups is 1. The zero-order chi connectivity index (χ0) is 10.7. The van der Waals surface area contributed by atoms with Gasteiger partial charge in [0.05, 0.1) is 12.6 Å². The van der Waals surface area contributed by atoms with Crippen LogP contribution in [0.2, 0.25) is 0 Å². The topological polar surface area (TPSA) is 32.3 Å². The monoisotopic (exact) mass is 224 g/mol. The van der Waals surface area contributed by atoms with Gasteiger partial charge in [0.2, 0.25) is 5.91 Å². The highest BCUT2D eigenvalue weighted by Crippen LogP contribution is 2.17. The van der Waals surface area contributed by atoms with Gasteiger partial charge in [-0.2, -0.15) is 0 Å². The van der Waals surface area contributed by atoms with Crippen molar-refractivity contribution in [2.24, 2.45) is 0 Å². The van der Waals surface area contributed by atoms with E-state index in [4.69, 9.17) is 0 Å². The number of hydrogen-bond acceptors (Lipinski definition) is 3. The summed E-state index contributed by atoms with van der Waals surface area (Å²) in [4.78, 5) is 15.2. The minimum Gasteiger partial charge on any atom is -0.336 e. The maximum absolute atomic E-state index is 12.0. The maximum atomic E-state index is 12.0. The molecule has 2 heterocycles. The third kappa shape index (κ3) is 2.38. The molecule has 1 amide bonds. The molecule has 0 bridgehead atoms. The molecule has 1 saturated heterocycles. The van der Waals surface area contributed by atoms with Crippen LogP contribution in [0, 0.1) is 0 Å². The van der Waals surface area contributed by atoms with E-state index < -0.39 is 0 Å². The minimum atomic E-state index is 0.0266. The van der Waals surface area contributed by atoms with Crippen molar-refractivity contribution in [3.63, 3.8) is 0 Å². The lowest BCUT2D eigenvalue weighted by Crippen LogP contribution is -2.49. The van der Waals surface area contributed by atoms with Crippen LogP contribution in [-0.2, 0) is 11.3 Å². The van der Waals surface area contributed by atoms with Crippen molar-refractivity contribution in [1.29, 1.82) is 0 Å². The van der Waals surface area contributed by atoms with Crippen molar-refractivity contribution < 1.29 is 4.79 Å². The van der Waals surface area contributed by atoms with E-state index in [1.54, 1.807) is 11.3 Å². The van der Waals surface area contributed by atoms with Crippen LogP contribution in [0.15, 0.2) is 17.5 Å². The summed E-state index contributed by atoms with van der Waals surface area (Å²) in [7, 11) is 1.86. The molecule has 1 unspecified atom stereocenters. The fraction of sp³-hybridized carbons (Fsp3) is 0.545. The van der Waals surface area contributed by atoms with Crippen molar-refractivity contribution in [1.82, 2.24) is 10.2 Å². The quantitative estimate of drug-likeness (QED) is 0.843. The van der Waals surface area contributed by atoms with E-state index in [2.05, 4.69) is 16.8 Å². The molecule has 1 atom stereocenters. The van der Waals surface area contributed by atoms with Crippen molar-refractivity contribution in [3.8, 4) is 0 Å². The highest BCUT2D eigenvalue weighted by Gasteiger charge is 2.27. The lowest BCUT2D eigenvalue weighted by atomic mass is 10.1. The van der Waals surface area contributed by atoms with Crippen LogP contribution in [0.3, 0.4) is 0 Å². The molecular weight excluding hydrogens is 208 g/mol. The second-order valence-electron chi connectivity index (χ2n) is 3.82. The van der Waals surface area contributed by atoms with Crippen molar-refractivity contribution >= 4 is 17.2 Å². The maximum Gasteiger partial charge on any atom is 0.240 e. The van der Waals surface area contributed by atoms with Crippen molar-refractivity contribution in [2.75, 3.05) is 13.6 Å². The number of carbonyl (C=O) groups excluding carboxylic acids is 1. The number of likely N-dealkylation sites (N-methyl/N-ethyl adjacent to an activating group) is 1. The first kappa shape index (κ1) is 10.6. The molecule has 0 aliphatic carbocycles. The Morgan fingerprint density at radius 1 is 1.67 bits per heavy atom. The van der Waals surface area contributed by atoms with Gasteiger partial charge >= 0.3 is 0 Å². The van der Waals surface area contributed by atoms with Gasteiger partial charge in [-0.05, 0) is 31.3 Å². The molecule has 82 valence electrons. The van der Waals surface area contributed by atoms with E-state index in [9.17, 15) is 4.79 Å². The number of amides is 1. The Kier molecular flexibility index (Phi) is 3.38. The SMILES string of the molecule is CNC1CCCN(Cc2cccs2)C1=O. The van der Waals surface area contributed by atoms with Crippen LogP contribution in [0.25, 0.3) is 0 Å². The molecule has 0 aromatic carbocycles. The molecule has 4 heteroatoms. The average molecular weight is 224 g/mol. The molecule has 15 heavy (non-hydrogen) atoms. The third-order valence-electron chi connectivity index (χ3n) is 2.81. The fourth-order valence-corrected chi connectivity index (χ4v) is 2.68. The number of thiophene rings is 1. The summed E-state index contributed by atoms with van der Waals surface area (Å²) in [5, 5.41) is 5.13. The van der Waals surface area contributed by atoms with E-state index >= 15 is 0 Å². The summed E-state index contributed by atoms with van der Waals surface area (Å²) in [6, 6.07) is 4.14. The summed E-state index contributed by atoms with van der Waals surface area (Å²) in [5.74, 6) is 0.247. The van der Waals surface area contributed by atoms with Gasteiger partial charge in [0.25, 0.3) is 0 Å². The second-order valence-corrected chi connectivity index (χ2v) is 4.85. The van der Waals surface area contributed by atoms with Crippen LogP contribution in [-0.4, -0.2) is 30.4 Å². The Morgan fingerprint density at radius 3 is 3.20 bits per heavy atom. The Labute approximate surface area is 94.1 Å². The van der Waals surface area contributed by atoms with Crippen LogP contribution >= 0.6 is 11.3 Å². The summed E-state index contributed by atoms with van der Waals surface area (Å²) in [6.45, 7) is 1.67. The minimum absolute atomic E-state index is 0.0266. The highest BCUT2D eigenvalue weighted by molar-refractivity contribution is 7.09. The first-order valence-electron chi connectivity index (χ1n) is 5.29. The lowest BCUT2D eigenvalue weighted by Gasteiger charge is -2.31. The molecule has 0 saturated carbocycles. The van der Waals surface area contributed by atoms with Gasteiger partial charge < -0.3 is 10.2 Å². The number of piperidine rings is 1. The first-order valence-corrected chi connectivity index (χ1v) is 6.17. The smallest absolute Gasteiger partial charge is 0.240 e. The molecule has 1 aromatic rings. The normalized spacial score (nSPS) is 22.1. The van der Waals surface area contributed by atoms with Gasteiger partial charge in [0.1, 0.15) is 0 Å². The predicted molar refractivity (Wildman–Crippen MR) is 61.8 cm³/mol. The summed E-state index contributed by atoms with van der Waals surface area (Å²) >= 11 is 1.71. The molecular formula is C11H16N2OS. The molecule has 2 rings (SSSR count). The van der Waals surface area contributed by atoms with Crippen molar-refractivity contribution in [3.05, 3.63) is 22.4 Å². The summed E-state index contributed by atoms with van der Waals surface area (Å²) in [5.41, 5.74) is 0. The van der Waals surface area contributed by atoms with E-state index in [-0.39, 0.29) is 11.9 Å². The van der Waals surface area contributed by atoms with Crippen LogP contribution in [0.1, 0.15) is 17.7 Å². The Morgan fingerprint density at radius 2 is 2.53 bits per heavy atom. The first-order chi connectivity index (χ1) is 7.31. The van der Waals surface area contributed by atoms with E-state index in [0.29, 0.717) is 0 Å². The van der Waals surface area contributed by atoms with Crippen LogP contribution in [0.4, 0.5) is 0 Å². The molecule has 1 aliphatic heterocycles. The standard InChI is InChI=1S/C11H16N2OS/c1-12-10-5-2-6-13(11(10)14)8-9-4-3-7-15-9/h3-4,7,10,12H,2,5-6,8H2,1H3. The molecule has 1 N–H and O–H groups in total. The molecule has 1 aliphatic rings. The van der Waals surface area contributed by atoms with Crippen LogP contribution < -0.4 is 5.32 Å². The van der Waals surface area contributed by atoms with E-state index in [0.717, 1.165) is 25.9 Å². The number of nitrogens with one attached hydrogen (secondary N) is 1.